The summed E-state index contributed by atoms with van der Waals surface area (Å²) in [6.07, 6.45) is 0. The zero-order valence-electron chi connectivity index (χ0n) is 0.707. The summed E-state index contributed by atoms with van der Waals surface area (Å²) in [5.74, 6) is 0. The van der Waals surface area contributed by atoms with Crippen molar-refractivity contribution in [3.05, 3.63) is 0 Å². The zero-order valence-corrected chi connectivity index (χ0v) is 0.707. The van der Waals surface area contributed by atoms with Gasteiger partial charge >= 0.3 is 0 Å². The summed E-state index contributed by atoms with van der Waals surface area (Å²) >= 11 is 0. The van der Waals surface area contributed by atoms with Gasteiger partial charge in [0.2, 0.25) is 0 Å². The molecule has 0 atom stereocenters. The molecule has 0 aliphatic heterocycles. The van der Waals surface area contributed by atoms with Gasteiger partial charge in [0.25, 0.3) is 0 Å². The molecule has 1 nitrogen and oxygen atoms in total. The lowest BCUT2D eigenvalue weighted by Gasteiger charge is -0.344. The van der Waals surface area contributed by atoms with Crippen LogP contribution >= 0.6 is 0 Å². The molecule has 0 amide bonds. The Morgan fingerprint density at radius 1 is 0.286 bits per heavy atom. The Bertz CT molecular complexity index is 4.14. The van der Waals surface area contributed by atoms with Crippen LogP contribution in [0.25, 0.3) is 0 Å². The van der Waals surface area contributed by atoms with Gasteiger partial charge in [0, 0.05) is 0 Å². The van der Waals surface area contributed by atoms with E-state index in [9.17, 15) is 0 Å². The first-order chi connectivity index (χ1) is 0. The zero-order chi connectivity index (χ0) is 0. The molecule has 0 radical (unpaired) electrons. The molecule has 0 bridgehead atoms. The van der Waals surface area contributed by atoms with Gasteiger partial charge in [0.15, 0.2) is 0 Å². The Labute approximate surface area is 51.7 Å². The molecule has 0 aromatic rings. The third-order valence-corrected chi connectivity index (χ3v) is 0. The largest absolute Gasteiger partial charge is 0.344 e. The molecule has 0 saturated heterocycles. The second-order valence-corrected chi connectivity index (χ2v) is 0. The summed E-state index contributed by atoms with van der Waals surface area (Å²) in [6.45, 7) is 0. The minimum atomic E-state index is 0. The van der Waals surface area contributed by atoms with Gasteiger partial charge in [-0.05, 0) is 0 Å². The van der Waals surface area contributed by atoms with E-state index in [1.165, 1.54) is 0 Å². The summed E-state index contributed by atoms with van der Waals surface area (Å²) in [4.78, 5) is 0. The van der Waals surface area contributed by atoms with E-state index in [0.29, 0.717) is 0 Å². The summed E-state index contributed by atoms with van der Waals surface area (Å²) in [5.41, 5.74) is 0. The van der Waals surface area contributed by atoms with E-state index in [0.717, 1.165) is 0 Å². The highest BCUT2D eigenvalue weighted by Gasteiger charge is -0.0725. The molecule has 0 aliphatic carbocycles. The normalized spacial score (nSPS) is 0. The molecule has 0 unspecified atom stereocenters. The van der Waals surface area contributed by atoms with Crippen molar-refractivity contribution in [1.82, 2.24) is 6.15 Å². The highest BCUT2D eigenvalue weighted by Crippen LogP contribution is 0.149. The summed E-state index contributed by atoms with van der Waals surface area (Å²) in [6, 6.07) is 0. The van der Waals surface area contributed by atoms with Gasteiger partial charge in [-0.15, -0.1) is 0 Å². The first-order valence-corrected chi connectivity index (χ1v) is 0. The molecule has 56 valence electrons. The van der Waals surface area contributed by atoms with Crippen molar-refractivity contribution in [2.75, 3.05) is 0 Å². The Kier molecular flexibility index (Phi) is 2020000000. The maximum atomic E-state index is 0. The van der Waals surface area contributed by atoms with Crippen molar-refractivity contribution in [3.8, 4) is 0 Å². The van der Waals surface area contributed by atoms with Crippen LogP contribution in [0.2, 0.25) is 0 Å². The topological polar surface area (TPSA) is 35.0 Å². The average molecular weight is 113 g/mol. The SMILES string of the molecule is C.C.C.C.C.C.N. The van der Waals surface area contributed by atoms with E-state index in [1.807, 2.05) is 0 Å². The van der Waals surface area contributed by atoms with Crippen molar-refractivity contribution in [1.29, 1.82) is 0 Å². The Hall–Kier alpha value is -0.0400. The Morgan fingerprint density at radius 3 is 0.286 bits per heavy atom. The van der Waals surface area contributed by atoms with Crippen molar-refractivity contribution >= 4 is 0 Å². The van der Waals surface area contributed by atoms with E-state index >= 15 is 0 Å². The van der Waals surface area contributed by atoms with Crippen LogP contribution < -0.4 is 6.15 Å². The lowest BCUT2D eigenvalue weighted by Crippen LogP contribution is -0.481. The van der Waals surface area contributed by atoms with Gasteiger partial charge in [-0.25, -0.2) is 0 Å². The molecule has 0 aromatic heterocycles. The van der Waals surface area contributed by atoms with Gasteiger partial charge in [-0.1, -0.05) is 44.6 Å². The molecule has 7 heavy (non-hydrogen) atoms. The molecule has 0 rings (SSSR count). The van der Waals surface area contributed by atoms with Crippen LogP contribution in [0, 0.1) is 0 Å². The van der Waals surface area contributed by atoms with Crippen LogP contribution in [-0.2, 0) is 0 Å². The van der Waals surface area contributed by atoms with E-state index in [2.05, 4.69) is 0 Å². The van der Waals surface area contributed by atoms with Gasteiger partial charge in [0.05, 0.1) is 0 Å². The van der Waals surface area contributed by atoms with Crippen LogP contribution in [0.3, 0.4) is 0 Å². The third kappa shape index (κ3) is 58400. The fourth-order valence-corrected chi connectivity index (χ4v) is 0. The van der Waals surface area contributed by atoms with Crippen LogP contribution in [0.4, 0.5) is 0 Å². The molecule has 0 spiro atoms. The quantitative estimate of drug-likeness (QED) is 0.506. The van der Waals surface area contributed by atoms with Gasteiger partial charge in [-0.3, -0.25) is 0 Å². The minimum absolute atomic E-state index is 0. The molecule has 1 heteroatoms. The van der Waals surface area contributed by atoms with Crippen molar-refractivity contribution in [2.24, 2.45) is 0 Å². The molecule has 0 fully saturated rings. The summed E-state index contributed by atoms with van der Waals surface area (Å²) < 4.78 is 0. The van der Waals surface area contributed by atoms with Gasteiger partial charge in [-0.2, -0.15) is 0 Å². The summed E-state index contributed by atoms with van der Waals surface area (Å²) in [5, 5.41) is 0. The Morgan fingerprint density at radius 2 is 0.286 bits per heavy atom. The van der Waals surface area contributed by atoms with Gasteiger partial charge < -0.3 is 6.15 Å². The van der Waals surface area contributed by atoms with E-state index in [1.54, 1.807) is 0 Å². The van der Waals surface area contributed by atoms with Crippen LogP contribution in [0.1, 0.15) is 44.6 Å². The molecule has 3 N–H and O–H groups in total. The maximum absolute atomic E-state index is 0. The van der Waals surface area contributed by atoms with Crippen molar-refractivity contribution in [2.45, 2.75) is 44.6 Å². The maximum Gasteiger partial charge on any atom is -0.0776 e. The predicted octanol–water partition coefficient (Wildman–Crippen LogP) is 3.98. The third-order valence-electron chi connectivity index (χ3n) is 0. The second kappa shape index (κ2) is 91600. The lowest BCUT2D eigenvalue weighted by molar-refractivity contribution is 2.13. The predicted molar refractivity (Wildman–Crippen MR) is 45.4 cm³/mol. The first kappa shape index (κ1) is 155000. The van der Waals surface area contributed by atoms with E-state index in [-0.39, 0.29) is 50.7 Å². The standard InChI is InChI=1S/6CH4.H3N/h6*1H4;1H3. The van der Waals surface area contributed by atoms with E-state index < -0.39 is 0 Å². The van der Waals surface area contributed by atoms with E-state index in [4.69, 9.17) is 0 Å². The number of rotatable bonds is 0. The lowest BCUT2D eigenvalue weighted by atomic mass is 12.0. The smallest absolute Gasteiger partial charge is 0.0776 e. The first-order valence-electron chi connectivity index (χ1n) is 0. The Balaban J connectivity index is 0. The molecule has 0 aliphatic rings. The van der Waals surface area contributed by atoms with Crippen LogP contribution in [-0.4, -0.2) is 0 Å². The fourth-order valence-electron chi connectivity index (χ4n) is 0. The molecular formula is C6H27N. The average Bonchev–Trinajstić information content (AvgIpc) is 0. The number of hydrogen-bond acceptors (Lipinski definition) is 1. The van der Waals surface area contributed by atoms with Crippen molar-refractivity contribution in [3.63, 3.8) is 0 Å². The molecule has 0 aromatic carbocycles. The van der Waals surface area contributed by atoms with Crippen LogP contribution in [0.15, 0.2) is 0 Å². The van der Waals surface area contributed by atoms with Crippen molar-refractivity contribution < 1.29 is 0 Å². The fraction of sp³-hybridized carbons (Fsp3) is 1.00. The minimum Gasteiger partial charge on any atom is -0.344 e. The highest BCUT2D eigenvalue weighted by atomic mass is 14.0. The second-order valence-electron chi connectivity index (χ2n) is 0. The monoisotopic (exact) mass is 113 g/mol. The number of hydrogen-bond donors (Lipinski definition) is 1. The highest BCUT2D eigenvalue weighted by molar-refractivity contribution is 2.51. The molecule has 0 saturated carbocycles. The molecular weight excluding hydrogens is 86.1 g/mol. The summed E-state index contributed by atoms with van der Waals surface area (Å²) in [7, 11) is 0. The van der Waals surface area contributed by atoms with Crippen LogP contribution in [0.5, 0.6) is 0 Å². The molecule has 0 heterocycles. The van der Waals surface area contributed by atoms with Gasteiger partial charge in [0.1, 0.15) is 0 Å².